The van der Waals surface area contributed by atoms with Crippen LogP contribution in [0.25, 0.3) is 223 Å². The first-order valence-corrected chi connectivity index (χ1v) is 42.8. The van der Waals surface area contributed by atoms with Crippen LogP contribution in [0.15, 0.2) is 425 Å². The summed E-state index contributed by atoms with van der Waals surface area (Å²) in [4.78, 5) is 9.75. The molecule has 584 valence electrons. The minimum atomic E-state index is 0.943. The van der Waals surface area contributed by atoms with Gasteiger partial charge in [0.05, 0.1) is 27.8 Å². The van der Waals surface area contributed by atoms with Crippen LogP contribution in [0.3, 0.4) is 0 Å². The Morgan fingerprint density at radius 2 is 0.427 bits per heavy atom. The first-order valence-electron chi connectivity index (χ1n) is 42.8. The van der Waals surface area contributed by atoms with Crippen molar-refractivity contribution in [3.05, 3.63) is 448 Å². The zero-order chi connectivity index (χ0) is 82.6. The minimum Gasteiger partial charge on any atom is -0.313 e. The number of benzene rings is 16. The average molecular weight is 1580 g/mol. The van der Waals surface area contributed by atoms with Gasteiger partial charge in [-0.05, 0) is 223 Å². The molecule has 6 nitrogen and oxygen atoms in total. The highest BCUT2D eigenvalue weighted by atomic mass is 15.1. The summed E-state index contributed by atoms with van der Waals surface area (Å²) >= 11 is 0. The highest BCUT2D eigenvalue weighted by molar-refractivity contribution is 6.19. The van der Waals surface area contributed by atoms with Crippen LogP contribution in [0.2, 0.25) is 0 Å². The standard InChI is InChI=1S/C33H23N.C32H22N2.C27H19N.C26H18N2/c1-22-32-29-18-8-7-16-27(29)26-15-5-6-17-28(26)30-19-10-20-31(33(30)32)34(22)25-14-9-13-24(21-25)23-11-3-2-4-12-23;1-21-31-26-16-8-7-14-24(26)23-13-5-6-15-25(23)27-17-9-19-29(32(27)31)34(21)30-20-10-18-28(33-30)22-11-3-2-4-12-22;1-18-26-23-15-8-7-13-21(23)20-12-5-6-14-22(20)24-16-9-17-25(27(24)26)28(18)19-10-3-2-4-11-19;1-17-25-21-12-5-4-10-19(21)18-9-2-3-11-20(18)22-13-8-14-23(26(22)25)28(17)24-15-6-7-16-27-24/h2-21H,1H3;2-20H,1H3;2-17H,1H3;2-16H,1H3. The van der Waals surface area contributed by atoms with Crippen molar-refractivity contribution < 1.29 is 0 Å². The molecule has 0 spiro atoms. The smallest absolute Gasteiger partial charge is 0.138 e. The molecule has 6 aromatic heterocycles. The van der Waals surface area contributed by atoms with Gasteiger partial charge in [0, 0.05) is 89.7 Å². The topological polar surface area (TPSA) is 45.5 Å². The van der Waals surface area contributed by atoms with E-state index in [1.165, 1.54) is 222 Å². The van der Waals surface area contributed by atoms with Gasteiger partial charge in [-0.1, -0.05) is 346 Å². The maximum absolute atomic E-state index is 5.11. The van der Waals surface area contributed by atoms with E-state index in [1.54, 1.807) is 0 Å². The van der Waals surface area contributed by atoms with Gasteiger partial charge < -0.3 is 9.13 Å². The summed E-state index contributed by atoms with van der Waals surface area (Å²) < 4.78 is 9.45. The van der Waals surface area contributed by atoms with Crippen LogP contribution in [0.4, 0.5) is 0 Å². The van der Waals surface area contributed by atoms with Gasteiger partial charge in [0.2, 0.25) is 0 Å². The van der Waals surface area contributed by atoms with E-state index in [4.69, 9.17) is 4.98 Å². The summed E-state index contributed by atoms with van der Waals surface area (Å²) in [6, 6.07) is 150. The van der Waals surface area contributed by atoms with Gasteiger partial charge in [0.25, 0.3) is 0 Å². The van der Waals surface area contributed by atoms with Gasteiger partial charge in [-0.3, -0.25) is 9.13 Å². The van der Waals surface area contributed by atoms with Gasteiger partial charge in [-0.25, -0.2) is 9.97 Å². The average Bonchev–Trinajstić information content (AvgIpc) is 1.58. The molecular weight excluding hydrogens is 1500 g/mol. The molecule has 22 aromatic rings. The molecule has 6 heterocycles. The fourth-order valence-corrected chi connectivity index (χ4v) is 20.7. The number of hydrogen-bond donors (Lipinski definition) is 0. The predicted octanol–water partition coefficient (Wildman–Crippen LogP) is 31.1. The molecule has 0 radical (unpaired) electrons. The van der Waals surface area contributed by atoms with Crippen LogP contribution >= 0.6 is 0 Å². The van der Waals surface area contributed by atoms with E-state index in [9.17, 15) is 0 Å². The van der Waals surface area contributed by atoms with Crippen LogP contribution < -0.4 is 0 Å². The first kappa shape index (κ1) is 73.1. The number of hydrogen-bond acceptors (Lipinski definition) is 2. The Morgan fingerprint density at radius 3 is 0.798 bits per heavy atom. The lowest BCUT2D eigenvalue weighted by Gasteiger charge is -2.14. The summed E-state index contributed by atoms with van der Waals surface area (Å²) in [5.74, 6) is 1.90. The molecule has 0 atom stereocenters. The lowest BCUT2D eigenvalue weighted by molar-refractivity contribution is 0.995. The highest BCUT2D eigenvalue weighted by Gasteiger charge is 2.32. The number of rotatable bonds is 6. The third-order valence-electron chi connectivity index (χ3n) is 25.9. The number of nitrogens with zero attached hydrogens (tertiary/aromatic N) is 6. The van der Waals surface area contributed by atoms with Crippen molar-refractivity contribution >= 4 is 43.6 Å². The van der Waals surface area contributed by atoms with Crippen molar-refractivity contribution in [3.63, 3.8) is 0 Å². The molecule has 6 heteroatoms. The van der Waals surface area contributed by atoms with Crippen molar-refractivity contribution in [2.24, 2.45) is 0 Å². The molecule has 0 saturated carbocycles. The minimum absolute atomic E-state index is 0.943. The Balaban J connectivity index is 0.0000000959. The van der Waals surface area contributed by atoms with Gasteiger partial charge in [0.1, 0.15) is 11.6 Å². The van der Waals surface area contributed by atoms with E-state index >= 15 is 0 Å². The van der Waals surface area contributed by atoms with E-state index < -0.39 is 0 Å². The summed E-state index contributed by atoms with van der Waals surface area (Å²) in [7, 11) is 0. The van der Waals surface area contributed by atoms with Crippen LogP contribution in [0, 0.1) is 27.7 Å². The summed E-state index contributed by atoms with van der Waals surface area (Å²) in [5.41, 5.74) is 48.1. The van der Waals surface area contributed by atoms with Gasteiger partial charge >= 0.3 is 0 Å². The van der Waals surface area contributed by atoms with Gasteiger partial charge in [-0.2, -0.15) is 0 Å². The van der Waals surface area contributed by atoms with E-state index in [-0.39, 0.29) is 0 Å². The third-order valence-corrected chi connectivity index (χ3v) is 25.9. The molecule has 26 rings (SSSR count). The van der Waals surface area contributed by atoms with Crippen LogP contribution in [-0.4, -0.2) is 28.2 Å². The quantitative estimate of drug-likeness (QED) is 0.167. The molecule has 16 aromatic carbocycles. The van der Waals surface area contributed by atoms with Crippen molar-refractivity contribution in [1.82, 2.24) is 28.2 Å². The fourth-order valence-electron chi connectivity index (χ4n) is 20.7. The van der Waals surface area contributed by atoms with E-state index in [1.807, 2.05) is 24.4 Å². The second kappa shape index (κ2) is 30.0. The Morgan fingerprint density at radius 1 is 0.177 bits per heavy atom. The molecule has 0 amide bonds. The number of pyridine rings is 2. The molecular formula is C118H82N6. The van der Waals surface area contributed by atoms with Crippen LogP contribution in [-0.2, 0) is 0 Å². The van der Waals surface area contributed by atoms with E-state index in [0.29, 0.717) is 0 Å². The number of para-hydroxylation sites is 1. The second-order valence-electron chi connectivity index (χ2n) is 32.5. The Bertz CT molecular complexity index is 7540. The number of fused-ring (bicyclic) bond motifs is 20. The fraction of sp³-hybridized carbons (Fsp3) is 0.0339. The van der Waals surface area contributed by atoms with Crippen LogP contribution in [0.5, 0.6) is 0 Å². The molecule has 4 aliphatic rings. The Kier molecular flexibility index (Phi) is 17.7. The maximum Gasteiger partial charge on any atom is 0.138 e. The van der Waals surface area contributed by atoms with Gasteiger partial charge in [0.15, 0.2) is 0 Å². The second-order valence-corrected chi connectivity index (χ2v) is 32.5. The highest BCUT2D eigenvalue weighted by Crippen LogP contribution is 2.56. The molecule has 0 bridgehead atoms. The Hall–Kier alpha value is -16.0. The molecule has 0 aliphatic heterocycles. The SMILES string of the molecule is Cc1c2c3c(cccc3n1-c1cccc(-c3ccccc3)c1)-c1ccccc1-c1ccccc1-2.Cc1c2c3c(cccc3n1-c1cccc(-c3ccccc3)n1)-c1ccccc1-c1ccccc1-2.Cc1c2c3c(cccc3n1-c1ccccc1)-c1ccccc1-c1ccccc1-2.Cc1c2c3c(cccc3n1-c1ccccn1)-c1ccccc1-c1ccccc1-2. The summed E-state index contributed by atoms with van der Waals surface area (Å²) in [6.45, 7) is 8.95. The van der Waals surface area contributed by atoms with Crippen LogP contribution in [0.1, 0.15) is 22.8 Å². The van der Waals surface area contributed by atoms with Crippen molar-refractivity contribution in [2.75, 3.05) is 0 Å². The lowest BCUT2D eigenvalue weighted by atomic mass is 9.94. The number of aromatic nitrogens is 6. The van der Waals surface area contributed by atoms with E-state index in [2.05, 4.69) is 451 Å². The first-order chi connectivity index (χ1) is 61.3. The maximum atomic E-state index is 5.11. The molecule has 4 aliphatic carbocycles. The molecule has 124 heavy (non-hydrogen) atoms. The lowest BCUT2D eigenvalue weighted by Crippen LogP contribution is -2.01. The molecule has 0 N–H and O–H groups in total. The Labute approximate surface area is 721 Å². The third kappa shape index (κ3) is 11.7. The zero-order valence-corrected chi connectivity index (χ0v) is 69.1. The molecule has 0 saturated heterocycles. The van der Waals surface area contributed by atoms with Crippen molar-refractivity contribution in [1.29, 1.82) is 0 Å². The van der Waals surface area contributed by atoms with Crippen molar-refractivity contribution in [3.8, 4) is 179 Å². The monoisotopic (exact) mass is 1580 g/mol. The zero-order valence-electron chi connectivity index (χ0n) is 69.1. The summed E-state index contributed by atoms with van der Waals surface area (Å²) in [5, 5.41) is 5.29. The summed E-state index contributed by atoms with van der Waals surface area (Å²) in [6.07, 6.45) is 1.86. The van der Waals surface area contributed by atoms with Gasteiger partial charge in [-0.15, -0.1) is 0 Å². The molecule has 0 fully saturated rings. The largest absolute Gasteiger partial charge is 0.313 e. The molecule has 0 unspecified atom stereocenters. The normalized spacial score (nSPS) is 11.7. The van der Waals surface area contributed by atoms with E-state index in [0.717, 1.165) is 22.9 Å². The van der Waals surface area contributed by atoms with Crippen molar-refractivity contribution in [2.45, 2.75) is 27.7 Å². The predicted molar refractivity (Wildman–Crippen MR) is 518 cm³/mol.